The molecule has 0 saturated carbocycles. The summed E-state index contributed by atoms with van der Waals surface area (Å²) in [6.45, 7) is 10.0. The number of nitrogens with zero attached hydrogens (tertiary/aromatic N) is 6. The first-order valence-electron chi connectivity index (χ1n) is 14.5. The van der Waals surface area contributed by atoms with Crippen LogP contribution in [0.4, 0.5) is 21.7 Å². The van der Waals surface area contributed by atoms with Gasteiger partial charge < -0.3 is 20.6 Å². The molecule has 2 aromatic carbocycles. The van der Waals surface area contributed by atoms with Crippen molar-refractivity contribution in [2.45, 2.75) is 39.5 Å². The van der Waals surface area contributed by atoms with E-state index in [0.29, 0.717) is 52.7 Å². The molecule has 1 aliphatic rings. The number of hydrogen-bond acceptors (Lipinski definition) is 8. The molecule has 0 spiro atoms. The van der Waals surface area contributed by atoms with Crippen LogP contribution < -0.4 is 10.6 Å². The quantitative estimate of drug-likeness (QED) is 0.262. The molecular weight excluding hydrogens is 559 g/mol. The minimum absolute atomic E-state index is 0.332. The number of benzene rings is 2. The van der Waals surface area contributed by atoms with E-state index in [9.17, 15) is 14.3 Å². The van der Waals surface area contributed by atoms with Crippen LogP contribution in [0.15, 0.2) is 61.2 Å². The number of aromatic nitrogens is 4. The molecule has 1 aliphatic heterocycles. The number of amides is 1. The summed E-state index contributed by atoms with van der Waals surface area (Å²) in [6, 6.07) is 10.1. The summed E-state index contributed by atoms with van der Waals surface area (Å²) in [7, 11) is 2.09. The fourth-order valence-electron chi connectivity index (χ4n) is 4.74. The van der Waals surface area contributed by atoms with Crippen LogP contribution >= 0.6 is 0 Å². The van der Waals surface area contributed by atoms with E-state index in [-0.39, 0.29) is 11.7 Å². The number of aryl methyl sites for hydroxylation is 1. The van der Waals surface area contributed by atoms with Crippen LogP contribution in [0.1, 0.15) is 46.5 Å². The van der Waals surface area contributed by atoms with Gasteiger partial charge in [0.05, 0.1) is 29.6 Å². The highest BCUT2D eigenvalue weighted by Crippen LogP contribution is 2.19. The number of carbonyl (C=O) groups is 1. The van der Waals surface area contributed by atoms with Crippen molar-refractivity contribution in [3.8, 4) is 11.8 Å². The first-order chi connectivity index (χ1) is 21.0. The minimum Gasteiger partial charge on any atom is -0.389 e. The molecule has 0 aliphatic carbocycles. The predicted molar refractivity (Wildman–Crippen MR) is 168 cm³/mol. The lowest BCUT2D eigenvalue weighted by atomic mass is 10.0. The number of hydrogen-bond donors (Lipinski definition) is 3. The van der Waals surface area contributed by atoms with E-state index in [1.807, 2.05) is 13.0 Å². The zero-order valence-corrected chi connectivity index (χ0v) is 25.4. The van der Waals surface area contributed by atoms with Crippen LogP contribution in [0.3, 0.4) is 0 Å². The van der Waals surface area contributed by atoms with E-state index in [0.717, 1.165) is 31.7 Å². The van der Waals surface area contributed by atoms with Gasteiger partial charge in [-0.3, -0.25) is 14.4 Å². The second kappa shape index (κ2) is 13.3. The standard InChI is InChI=1S/C33H37FN8O2/c1-23-5-7-26(31(43)38-28-10-9-27(30(34)16-28)20-41-13-11-40(4)12-14-41)15-25(23)8-6-24-17-35-32(36-18-24)39-29-19-37-42(21-29)22-33(2,3)44/h5,7,9-10,15-19,21,44H,11-14,20,22H2,1-4H3,(H,38,43)(H,35,36,39). The maximum Gasteiger partial charge on any atom is 0.255 e. The highest BCUT2D eigenvalue weighted by molar-refractivity contribution is 6.04. The highest BCUT2D eigenvalue weighted by Gasteiger charge is 2.17. The average molecular weight is 597 g/mol. The lowest BCUT2D eigenvalue weighted by Crippen LogP contribution is -2.44. The van der Waals surface area contributed by atoms with Crippen LogP contribution in [0, 0.1) is 24.6 Å². The van der Waals surface area contributed by atoms with Crippen molar-refractivity contribution in [1.29, 1.82) is 0 Å². The molecule has 1 fully saturated rings. The molecule has 0 unspecified atom stereocenters. The number of carbonyl (C=O) groups excluding carboxylic acids is 1. The van der Waals surface area contributed by atoms with Crippen molar-refractivity contribution >= 4 is 23.2 Å². The van der Waals surface area contributed by atoms with Crippen molar-refractivity contribution in [3.63, 3.8) is 0 Å². The molecule has 0 bridgehead atoms. The summed E-state index contributed by atoms with van der Waals surface area (Å²) in [4.78, 5) is 26.2. The van der Waals surface area contributed by atoms with E-state index in [1.165, 1.54) is 6.07 Å². The Morgan fingerprint density at radius 3 is 2.48 bits per heavy atom. The van der Waals surface area contributed by atoms with Gasteiger partial charge in [-0.1, -0.05) is 24.0 Å². The number of halogens is 1. The summed E-state index contributed by atoms with van der Waals surface area (Å²) in [6.07, 6.45) is 6.62. The number of nitrogens with one attached hydrogen (secondary N) is 2. The monoisotopic (exact) mass is 596 g/mol. The van der Waals surface area contributed by atoms with Crippen LogP contribution in [-0.2, 0) is 13.1 Å². The Balaban J connectivity index is 1.20. The van der Waals surface area contributed by atoms with E-state index < -0.39 is 5.60 Å². The van der Waals surface area contributed by atoms with Gasteiger partial charge in [0.1, 0.15) is 5.82 Å². The van der Waals surface area contributed by atoms with E-state index in [4.69, 9.17) is 0 Å². The molecule has 0 atom stereocenters. The molecule has 2 aromatic heterocycles. The van der Waals surface area contributed by atoms with Gasteiger partial charge in [-0.15, -0.1) is 0 Å². The molecule has 44 heavy (non-hydrogen) atoms. The van der Waals surface area contributed by atoms with Crippen LogP contribution in [-0.4, -0.2) is 79.4 Å². The fourth-order valence-corrected chi connectivity index (χ4v) is 4.74. The number of piperazine rings is 1. The Morgan fingerprint density at radius 1 is 1.02 bits per heavy atom. The largest absolute Gasteiger partial charge is 0.389 e. The summed E-state index contributed by atoms with van der Waals surface area (Å²) < 4.78 is 16.5. The SMILES string of the molecule is Cc1ccc(C(=O)Nc2ccc(CN3CCN(C)CC3)c(F)c2)cc1C#Cc1cnc(Nc2cnn(CC(C)(C)O)c2)nc1. The Labute approximate surface area is 256 Å². The Bertz CT molecular complexity index is 1680. The van der Waals surface area contributed by atoms with Crippen molar-refractivity contribution in [2.24, 2.45) is 0 Å². The van der Waals surface area contributed by atoms with Crippen LogP contribution in [0.25, 0.3) is 0 Å². The average Bonchev–Trinajstić information content (AvgIpc) is 3.40. The maximum atomic E-state index is 14.9. The van der Waals surface area contributed by atoms with Gasteiger partial charge >= 0.3 is 0 Å². The van der Waals surface area contributed by atoms with Crippen LogP contribution in [0.5, 0.6) is 0 Å². The van der Waals surface area contributed by atoms with Crippen molar-refractivity contribution in [3.05, 3.63) is 94.8 Å². The van der Waals surface area contributed by atoms with Crippen molar-refractivity contribution in [1.82, 2.24) is 29.5 Å². The van der Waals surface area contributed by atoms with E-state index in [1.54, 1.807) is 67.6 Å². The van der Waals surface area contributed by atoms with Gasteiger partial charge in [0, 0.05) is 73.7 Å². The molecule has 1 saturated heterocycles. The van der Waals surface area contributed by atoms with Gasteiger partial charge in [-0.05, 0) is 57.6 Å². The lowest BCUT2D eigenvalue weighted by molar-refractivity contribution is 0.0577. The molecule has 10 nitrogen and oxygen atoms in total. The third-order valence-electron chi connectivity index (χ3n) is 7.23. The molecule has 4 aromatic rings. The van der Waals surface area contributed by atoms with Gasteiger partial charge in [0.2, 0.25) is 5.95 Å². The first kappa shape index (κ1) is 30.8. The van der Waals surface area contributed by atoms with E-state index >= 15 is 0 Å². The third kappa shape index (κ3) is 8.48. The summed E-state index contributed by atoms with van der Waals surface area (Å²) in [5, 5.41) is 20.1. The van der Waals surface area contributed by atoms with Gasteiger partial charge in [-0.25, -0.2) is 14.4 Å². The van der Waals surface area contributed by atoms with Gasteiger partial charge in [-0.2, -0.15) is 5.10 Å². The zero-order valence-electron chi connectivity index (χ0n) is 25.4. The summed E-state index contributed by atoms with van der Waals surface area (Å²) in [5.41, 5.74) is 3.46. The maximum absolute atomic E-state index is 14.9. The molecule has 5 rings (SSSR count). The van der Waals surface area contributed by atoms with Crippen LogP contribution in [0.2, 0.25) is 0 Å². The second-order valence-electron chi connectivity index (χ2n) is 11.8. The van der Waals surface area contributed by atoms with Crippen molar-refractivity contribution < 1.29 is 14.3 Å². The smallest absolute Gasteiger partial charge is 0.255 e. The molecular formula is C33H37FN8O2. The normalized spacial score (nSPS) is 14.1. The predicted octanol–water partition coefficient (Wildman–Crippen LogP) is 4.03. The second-order valence-corrected chi connectivity index (χ2v) is 11.8. The summed E-state index contributed by atoms with van der Waals surface area (Å²) >= 11 is 0. The number of anilines is 3. The molecule has 11 heteroatoms. The third-order valence-corrected chi connectivity index (χ3v) is 7.23. The Kier molecular flexibility index (Phi) is 9.35. The van der Waals surface area contributed by atoms with E-state index in [2.05, 4.69) is 54.4 Å². The number of aliphatic hydroxyl groups is 1. The molecule has 0 radical (unpaired) electrons. The fraction of sp³-hybridized carbons (Fsp3) is 0.333. The number of likely N-dealkylation sites (N-methyl/N-ethyl adjacent to an activating group) is 1. The molecule has 3 N–H and O–H groups in total. The first-order valence-corrected chi connectivity index (χ1v) is 14.5. The highest BCUT2D eigenvalue weighted by atomic mass is 19.1. The Hall–Kier alpha value is -4.63. The minimum atomic E-state index is -0.877. The molecule has 3 heterocycles. The zero-order chi connectivity index (χ0) is 31.3. The summed E-state index contributed by atoms with van der Waals surface area (Å²) in [5.74, 6) is 5.87. The molecule has 1 amide bonds. The topological polar surface area (TPSA) is 111 Å². The van der Waals surface area contributed by atoms with Crippen molar-refractivity contribution in [2.75, 3.05) is 43.9 Å². The lowest BCUT2D eigenvalue weighted by Gasteiger charge is -2.32. The Morgan fingerprint density at radius 2 is 1.77 bits per heavy atom. The van der Waals surface area contributed by atoms with Gasteiger partial charge in [0.15, 0.2) is 0 Å². The molecule has 228 valence electrons. The number of rotatable bonds is 8. The van der Waals surface area contributed by atoms with Gasteiger partial charge in [0.25, 0.3) is 5.91 Å².